The van der Waals surface area contributed by atoms with Gasteiger partial charge < -0.3 is 10.2 Å². The zero-order chi connectivity index (χ0) is 14.7. The zero-order valence-electron chi connectivity index (χ0n) is 11.6. The number of nitrogens with zero attached hydrogens (tertiary/aromatic N) is 2. The minimum atomic E-state index is -0.183. The van der Waals surface area contributed by atoms with E-state index in [1.54, 1.807) is 12.1 Å². The summed E-state index contributed by atoms with van der Waals surface area (Å²) in [7, 11) is 0. The molecular weight excluding hydrogens is 286 g/mol. The van der Waals surface area contributed by atoms with Crippen LogP contribution in [0.1, 0.15) is 23.2 Å². The third-order valence-corrected chi connectivity index (χ3v) is 3.79. The molecule has 1 aromatic carbocycles. The van der Waals surface area contributed by atoms with Gasteiger partial charge in [0.15, 0.2) is 0 Å². The van der Waals surface area contributed by atoms with E-state index in [0.29, 0.717) is 10.7 Å². The Morgan fingerprint density at radius 1 is 1.19 bits per heavy atom. The first-order valence-corrected chi connectivity index (χ1v) is 7.38. The topological polar surface area (TPSA) is 45.2 Å². The SMILES string of the molecule is O=C(Nc1cccc(N2CCCC2)c1)c1ccc(Cl)nc1. The summed E-state index contributed by atoms with van der Waals surface area (Å²) in [5, 5.41) is 3.27. The molecule has 1 saturated heterocycles. The fourth-order valence-electron chi connectivity index (χ4n) is 2.47. The summed E-state index contributed by atoms with van der Waals surface area (Å²) in [6.07, 6.45) is 3.93. The molecule has 5 heteroatoms. The molecule has 0 bridgehead atoms. The molecule has 2 aromatic rings. The van der Waals surface area contributed by atoms with Gasteiger partial charge in [-0.25, -0.2) is 4.98 Å². The van der Waals surface area contributed by atoms with E-state index in [-0.39, 0.29) is 5.91 Å². The molecule has 0 aliphatic carbocycles. The highest BCUT2D eigenvalue weighted by Gasteiger charge is 2.13. The van der Waals surface area contributed by atoms with Crippen LogP contribution in [-0.4, -0.2) is 24.0 Å². The summed E-state index contributed by atoms with van der Waals surface area (Å²) in [5.41, 5.74) is 2.44. The summed E-state index contributed by atoms with van der Waals surface area (Å²) < 4.78 is 0. The first-order chi connectivity index (χ1) is 10.2. The van der Waals surface area contributed by atoms with Crippen LogP contribution >= 0.6 is 11.6 Å². The van der Waals surface area contributed by atoms with Gasteiger partial charge >= 0.3 is 0 Å². The van der Waals surface area contributed by atoms with Crippen molar-refractivity contribution in [2.45, 2.75) is 12.8 Å². The van der Waals surface area contributed by atoms with Crippen LogP contribution in [0.2, 0.25) is 5.15 Å². The van der Waals surface area contributed by atoms with Gasteiger partial charge in [-0.05, 0) is 43.2 Å². The summed E-state index contributed by atoms with van der Waals surface area (Å²) in [6.45, 7) is 2.16. The number of carbonyl (C=O) groups is 1. The predicted octanol–water partition coefficient (Wildman–Crippen LogP) is 3.59. The molecule has 1 amide bonds. The van der Waals surface area contributed by atoms with Crippen LogP contribution in [0.3, 0.4) is 0 Å². The van der Waals surface area contributed by atoms with Crippen LogP contribution in [-0.2, 0) is 0 Å². The van der Waals surface area contributed by atoms with E-state index in [9.17, 15) is 4.79 Å². The Morgan fingerprint density at radius 3 is 2.71 bits per heavy atom. The molecule has 21 heavy (non-hydrogen) atoms. The lowest BCUT2D eigenvalue weighted by atomic mass is 10.2. The van der Waals surface area contributed by atoms with E-state index in [2.05, 4.69) is 21.3 Å². The maximum atomic E-state index is 12.2. The number of anilines is 2. The van der Waals surface area contributed by atoms with Gasteiger partial charge in [0, 0.05) is 30.7 Å². The fraction of sp³-hybridized carbons (Fsp3) is 0.250. The highest BCUT2D eigenvalue weighted by Crippen LogP contribution is 2.23. The lowest BCUT2D eigenvalue weighted by Gasteiger charge is -2.18. The Morgan fingerprint density at radius 2 is 2.00 bits per heavy atom. The molecule has 1 fully saturated rings. The average Bonchev–Trinajstić information content (AvgIpc) is 3.02. The van der Waals surface area contributed by atoms with Crippen LogP contribution in [0.25, 0.3) is 0 Å². The van der Waals surface area contributed by atoms with E-state index >= 15 is 0 Å². The summed E-state index contributed by atoms with van der Waals surface area (Å²) >= 11 is 5.72. The quantitative estimate of drug-likeness (QED) is 0.881. The van der Waals surface area contributed by atoms with E-state index in [4.69, 9.17) is 11.6 Å². The highest BCUT2D eigenvalue weighted by molar-refractivity contribution is 6.29. The molecule has 0 unspecified atom stereocenters. The van der Waals surface area contributed by atoms with E-state index in [1.807, 2.05) is 18.2 Å². The second-order valence-electron chi connectivity index (χ2n) is 5.07. The third kappa shape index (κ3) is 3.34. The number of rotatable bonds is 3. The van der Waals surface area contributed by atoms with Crippen LogP contribution in [0.15, 0.2) is 42.6 Å². The predicted molar refractivity (Wildman–Crippen MR) is 85.1 cm³/mol. The second kappa shape index (κ2) is 6.14. The van der Waals surface area contributed by atoms with Crippen molar-refractivity contribution in [1.29, 1.82) is 0 Å². The average molecular weight is 302 g/mol. The summed E-state index contributed by atoms with van der Waals surface area (Å²) in [5.74, 6) is -0.183. The molecule has 0 atom stereocenters. The number of aromatic nitrogens is 1. The standard InChI is InChI=1S/C16H16ClN3O/c17-15-7-6-12(11-18-15)16(21)19-13-4-3-5-14(10-13)20-8-1-2-9-20/h3-7,10-11H,1-2,8-9H2,(H,19,21). The number of nitrogens with one attached hydrogen (secondary N) is 1. The lowest BCUT2D eigenvalue weighted by Crippen LogP contribution is -2.18. The first kappa shape index (κ1) is 13.9. The van der Waals surface area contributed by atoms with Gasteiger partial charge in [-0.15, -0.1) is 0 Å². The van der Waals surface area contributed by atoms with Crippen LogP contribution in [0.5, 0.6) is 0 Å². The normalized spacial score (nSPS) is 14.2. The Bertz CT molecular complexity index is 636. The molecule has 2 heterocycles. The molecule has 3 rings (SSSR count). The molecule has 0 spiro atoms. The number of carbonyl (C=O) groups excluding carboxylic acids is 1. The maximum Gasteiger partial charge on any atom is 0.257 e. The Labute approximate surface area is 128 Å². The molecule has 0 radical (unpaired) electrons. The van der Waals surface area contributed by atoms with Crippen molar-refractivity contribution in [2.75, 3.05) is 23.3 Å². The van der Waals surface area contributed by atoms with E-state index in [0.717, 1.165) is 24.5 Å². The van der Waals surface area contributed by atoms with Gasteiger partial charge in [-0.3, -0.25) is 4.79 Å². The van der Waals surface area contributed by atoms with Gasteiger partial charge in [0.2, 0.25) is 0 Å². The molecule has 4 nitrogen and oxygen atoms in total. The molecule has 0 saturated carbocycles. The monoisotopic (exact) mass is 301 g/mol. The van der Waals surface area contributed by atoms with Crippen LogP contribution in [0.4, 0.5) is 11.4 Å². The number of hydrogen-bond donors (Lipinski definition) is 1. The number of hydrogen-bond acceptors (Lipinski definition) is 3. The zero-order valence-corrected chi connectivity index (χ0v) is 12.3. The van der Waals surface area contributed by atoms with E-state index in [1.165, 1.54) is 19.0 Å². The first-order valence-electron chi connectivity index (χ1n) is 7.00. The van der Waals surface area contributed by atoms with Crippen LogP contribution < -0.4 is 10.2 Å². The third-order valence-electron chi connectivity index (χ3n) is 3.56. The second-order valence-corrected chi connectivity index (χ2v) is 5.46. The van der Waals surface area contributed by atoms with Crippen molar-refractivity contribution in [3.8, 4) is 0 Å². The van der Waals surface area contributed by atoms with Crippen molar-refractivity contribution in [2.24, 2.45) is 0 Å². The van der Waals surface area contributed by atoms with Crippen molar-refractivity contribution in [1.82, 2.24) is 4.98 Å². The minimum absolute atomic E-state index is 0.183. The fourth-order valence-corrected chi connectivity index (χ4v) is 2.58. The van der Waals surface area contributed by atoms with Gasteiger partial charge in [-0.1, -0.05) is 17.7 Å². The number of benzene rings is 1. The largest absolute Gasteiger partial charge is 0.371 e. The Kier molecular flexibility index (Phi) is 4.06. The van der Waals surface area contributed by atoms with Gasteiger partial charge in [0.25, 0.3) is 5.91 Å². The van der Waals surface area contributed by atoms with Gasteiger partial charge in [0.1, 0.15) is 5.15 Å². The van der Waals surface area contributed by atoms with Crippen molar-refractivity contribution in [3.63, 3.8) is 0 Å². The highest BCUT2D eigenvalue weighted by atomic mass is 35.5. The van der Waals surface area contributed by atoms with Crippen molar-refractivity contribution < 1.29 is 4.79 Å². The van der Waals surface area contributed by atoms with Crippen molar-refractivity contribution in [3.05, 3.63) is 53.3 Å². The minimum Gasteiger partial charge on any atom is -0.371 e. The Hall–Kier alpha value is -2.07. The number of amides is 1. The molecule has 108 valence electrons. The van der Waals surface area contributed by atoms with Crippen LogP contribution in [0, 0.1) is 0 Å². The number of pyridine rings is 1. The molecule has 1 aliphatic heterocycles. The summed E-state index contributed by atoms with van der Waals surface area (Å²) in [4.78, 5) is 18.4. The van der Waals surface area contributed by atoms with E-state index < -0.39 is 0 Å². The molecule has 1 aromatic heterocycles. The smallest absolute Gasteiger partial charge is 0.257 e. The molecule has 1 aliphatic rings. The summed E-state index contributed by atoms with van der Waals surface area (Å²) in [6, 6.07) is 11.2. The lowest BCUT2D eigenvalue weighted by molar-refractivity contribution is 0.102. The molecular formula is C16H16ClN3O. The van der Waals surface area contributed by atoms with Crippen molar-refractivity contribution >= 4 is 28.9 Å². The van der Waals surface area contributed by atoms with Gasteiger partial charge in [-0.2, -0.15) is 0 Å². The number of halogens is 1. The Balaban J connectivity index is 1.73. The van der Waals surface area contributed by atoms with Gasteiger partial charge in [0.05, 0.1) is 5.56 Å². The maximum absolute atomic E-state index is 12.2. The molecule has 1 N–H and O–H groups in total.